The quantitative estimate of drug-likeness (QED) is 0.695. The van der Waals surface area contributed by atoms with Crippen LogP contribution >= 0.6 is 0 Å². The van der Waals surface area contributed by atoms with E-state index in [0.29, 0.717) is 31.6 Å². The molecule has 0 saturated carbocycles. The Bertz CT molecular complexity index is 1100. The van der Waals surface area contributed by atoms with Crippen LogP contribution in [0.25, 0.3) is 11.1 Å². The van der Waals surface area contributed by atoms with Crippen LogP contribution in [-0.4, -0.2) is 46.8 Å². The second-order valence-electron chi connectivity index (χ2n) is 8.13. The lowest BCUT2D eigenvalue weighted by Gasteiger charge is -2.28. The molecule has 1 fully saturated rings. The van der Waals surface area contributed by atoms with Crippen LogP contribution in [0.5, 0.6) is 0 Å². The number of carbonyl (C=O) groups excluding carboxylic acids is 2. The maximum atomic E-state index is 13.1. The average Bonchev–Trinajstić information content (AvgIpc) is 3.24. The molecule has 0 bridgehead atoms. The van der Waals surface area contributed by atoms with E-state index in [-0.39, 0.29) is 11.8 Å². The first-order chi connectivity index (χ1) is 15.0. The largest absolute Gasteiger partial charge is 0.359 e. The summed E-state index contributed by atoms with van der Waals surface area (Å²) in [4.78, 5) is 35.8. The Labute approximate surface area is 182 Å². The molecule has 6 heteroatoms. The zero-order valence-electron chi connectivity index (χ0n) is 17.8. The standard InChI is InChI=1S/C25H26N4O2/c1-18-6-5-8-19(14-18)21-9-4-3-7-20(21)15-25(24(31)26-2)10-13-29(17-25)23(30)22-16-27-11-12-28-22/h3-9,11-12,14,16H,10,13,15,17H2,1-2H3,(H,26,31)/t25-/m1/s1. The van der Waals surface area contributed by atoms with Crippen molar-refractivity contribution in [3.05, 3.63) is 83.9 Å². The lowest BCUT2D eigenvalue weighted by atomic mass is 9.78. The molecule has 1 saturated heterocycles. The van der Waals surface area contributed by atoms with Crippen LogP contribution in [0, 0.1) is 12.3 Å². The highest BCUT2D eigenvalue weighted by molar-refractivity contribution is 5.93. The summed E-state index contributed by atoms with van der Waals surface area (Å²) < 4.78 is 0. The summed E-state index contributed by atoms with van der Waals surface area (Å²) in [6.07, 6.45) is 5.67. The Kier molecular flexibility index (Phi) is 5.80. The molecule has 6 nitrogen and oxygen atoms in total. The van der Waals surface area contributed by atoms with Gasteiger partial charge in [-0.25, -0.2) is 4.98 Å². The minimum absolute atomic E-state index is 0.0407. The summed E-state index contributed by atoms with van der Waals surface area (Å²) >= 11 is 0. The lowest BCUT2D eigenvalue weighted by molar-refractivity contribution is -0.129. The molecule has 1 aliphatic heterocycles. The number of hydrogen-bond donors (Lipinski definition) is 1. The van der Waals surface area contributed by atoms with E-state index >= 15 is 0 Å². The van der Waals surface area contributed by atoms with Gasteiger partial charge in [0, 0.05) is 32.5 Å². The molecule has 4 rings (SSSR count). The van der Waals surface area contributed by atoms with Gasteiger partial charge in [0.15, 0.2) is 0 Å². The zero-order valence-corrected chi connectivity index (χ0v) is 17.8. The smallest absolute Gasteiger partial charge is 0.274 e. The Morgan fingerprint density at radius 3 is 2.71 bits per heavy atom. The maximum absolute atomic E-state index is 13.1. The van der Waals surface area contributed by atoms with E-state index < -0.39 is 5.41 Å². The maximum Gasteiger partial charge on any atom is 0.274 e. The van der Waals surface area contributed by atoms with Gasteiger partial charge in [-0.15, -0.1) is 0 Å². The van der Waals surface area contributed by atoms with E-state index in [9.17, 15) is 9.59 Å². The third-order valence-electron chi connectivity index (χ3n) is 6.01. The first kappa shape index (κ1) is 20.7. The third kappa shape index (κ3) is 4.19. The number of benzene rings is 2. The van der Waals surface area contributed by atoms with Gasteiger partial charge in [0.05, 0.1) is 11.6 Å². The summed E-state index contributed by atoms with van der Waals surface area (Å²) in [5, 5.41) is 2.83. The molecule has 0 aliphatic carbocycles. The molecule has 0 radical (unpaired) electrons. The van der Waals surface area contributed by atoms with Gasteiger partial charge in [-0.2, -0.15) is 0 Å². The van der Waals surface area contributed by atoms with E-state index in [4.69, 9.17) is 0 Å². The molecule has 158 valence electrons. The fraction of sp³-hybridized carbons (Fsp3) is 0.280. The molecule has 0 unspecified atom stereocenters. The van der Waals surface area contributed by atoms with Crippen LogP contribution in [0.3, 0.4) is 0 Å². The summed E-state index contributed by atoms with van der Waals surface area (Å²) in [5.41, 5.74) is 4.16. The van der Waals surface area contributed by atoms with E-state index in [1.54, 1.807) is 11.9 Å². The number of likely N-dealkylation sites (tertiary alicyclic amines) is 1. The Morgan fingerprint density at radius 2 is 1.97 bits per heavy atom. The van der Waals surface area contributed by atoms with Gasteiger partial charge < -0.3 is 10.2 Å². The van der Waals surface area contributed by atoms with Crippen LogP contribution in [0.15, 0.2) is 67.1 Å². The minimum Gasteiger partial charge on any atom is -0.359 e. The second kappa shape index (κ2) is 8.68. The molecule has 3 aromatic rings. The highest BCUT2D eigenvalue weighted by atomic mass is 16.2. The molecule has 1 atom stereocenters. The van der Waals surface area contributed by atoms with Crippen molar-refractivity contribution in [3.63, 3.8) is 0 Å². The predicted octanol–water partition coefficient (Wildman–Crippen LogP) is 3.27. The van der Waals surface area contributed by atoms with E-state index in [2.05, 4.69) is 52.5 Å². The first-order valence-corrected chi connectivity index (χ1v) is 10.4. The van der Waals surface area contributed by atoms with E-state index in [0.717, 1.165) is 16.7 Å². The van der Waals surface area contributed by atoms with Crippen molar-refractivity contribution in [1.82, 2.24) is 20.2 Å². The molecule has 2 amide bonds. The van der Waals surface area contributed by atoms with Crippen LogP contribution in [0.1, 0.15) is 28.0 Å². The van der Waals surface area contributed by atoms with Gasteiger partial charge in [-0.3, -0.25) is 14.6 Å². The number of aromatic nitrogens is 2. The van der Waals surface area contributed by atoms with Crippen molar-refractivity contribution >= 4 is 11.8 Å². The second-order valence-corrected chi connectivity index (χ2v) is 8.13. The van der Waals surface area contributed by atoms with Crippen LogP contribution in [0.4, 0.5) is 0 Å². The summed E-state index contributed by atoms with van der Waals surface area (Å²) in [7, 11) is 1.66. The molecular weight excluding hydrogens is 388 g/mol. The molecule has 31 heavy (non-hydrogen) atoms. The summed E-state index contributed by atoms with van der Waals surface area (Å²) in [6, 6.07) is 16.6. The van der Waals surface area contributed by atoms with Crippen LogP contribution in [0.2, 0.25) is 0 Å². The van der Waals surface area contributed by atoms with Crippen molar-refractivity contribution in [2.24, 2.45) is 5.41 Å². The molecular formula is C25H26N4O2. The number of nitrogens with one attached hydrogen (secondary N) is 1. The van der Waals surface area contributed by atoms with Gasteiger partial charge in [0.1, 0.15) is 5.69 Å². The van der Waals surface area contributed by atoms with Crippen molar-refractivity contribution in [2.75, 3.05) is 20.1 Å². The SMILES string of the molecule is CNC(=O)[C@@]1(Cc2ccccc2-c2cccc(C)c2)CCN(C(=O)c2cnccn2)C1. The Morgan fingerprint density at radius 1 is 1.13 bits per heavy atom. The fourth-order valence-corrected chi connectivity index (χ4v) is 4.43. The monoisotopic (exact) mass is 414 g/mol. The highest BCUT2D eigenvalue weighted by Gasteiger charge is 2.46. The average molecular weight is 415 g/mol. The fourth-order valence-electron chi connectivity index (χ4n) is 4.43. The lowest BCUT2D eigenvalue weighted by Crippen LogP contribution is -2.44. The van der Waals surface area contributed by atoms with Gasteiger partial charge >= 0.3 is 0 Å². The molecule has 1 aliphatic rings. The van der Waals surface area contributed by atoms with E-state index in [1.165, 1.54) is 24.2 Å². The predicted molar refractivity (Wildman–Crippen MR) is 119 cm³/mol. The van der Waals surface area contributed by atoms with Gasteiger partial charge in [0.25, 0.3) is 5.91 Å². The minimum atomic E-state index is -0.688. The molecule has 0 spiro atoms. The van der Waals surface area contributed by atoms with Crippen molar-refractivity contribution in [2.45, 2.75) is 19.8 Å². The van der Waals surface area contributed by atoms with Gasteiger partial charge in [-0.05, 0) is 36.5 Å². The number of carbonyl (C=O) groups is 2. The van der Waals surface area contributed by atoms with Crippen molar-refractivity contribution in [3.8, 4) is 11.1 Å². The molecule has 2 heterocycles. The Balaban J connectivity index is 1.65. The number of rotatable bonds is 5. The number of hydrogen-bond acceptors (Lipinski definition) is 4. The van der Waals surface area contributed by atoms with Crippen molar-refractivity contribution < 1.29 is 9.59 Å². The highest BCUT2D eigenvalue weighted by Crippen LogP contribution is 2.38. The number of amides is 2. The summed E-state index contributed by atoms with van der Waals surface area (Å²) in [6.45, 7) is 2.94. The zero-order chi connectivity index (χ0) is 21.8. The molecule has 1 aromatic heterocycles. The third-order valence-corrected chi connectivity index (χ3v) is 6.01. The number of nitrogens with zero attached hydrogens (tertiary/aromatic N) is 3. The van der Waals surface area contributed by atoms with Gasteiger partial charge in [-0.1, -0.05) is 54.1 Å². The van der Waals surface area contributed by atoms with Crippen molar-refractivity contribution in [1.29, 1.82) is 0 Å². The molecule has 2 aromatic carbocycles. The van der Waals surface area contributed by atoms with E-state index in [1.807, 2.05) is 18.2 Å². The summed E-state index contributed by atoms with van der Waals surface area (Å²) in [5.74, 6) is -0.230. The van der Waals surface area contributed by atoms with Gasteiger partial charge in [0.2, 0.25) is 5.91 Å². The Hall–Kier alpha value is -3.54. The first-order valence-electron chi connectivity index (χ1n) is 10.4. The van der Waals surface area contributed by atoms with Crippen LogP contribution < -0.4 is 5.32 Å². The molecule has 1 N–H and O–H groups in total. The number of aryl methyl sites for hydroxylation is 1. The normalized spacial score (nSPS) is 18.1. The van der Waals surface area contributed by atoms with Crippen LogP contribution in [-0.2, 0) is 11.2 Å². The topological polar surface area (TPSA) is 75.2 Å².